The van der Waals surface area contributed by atoms with Crippen LogP contribution in [0, 0.1) is 17.8 Å². The van der Waals surface area contributed by atoms with Crippen LogP contribution in [0.4, 0.5) is 5.69 Å². The molecule has 1 aliphatic heterocycles. The lowest BCUT2D eigenvalue weighted by atomic mass is 10.0. The van der Waals surface area contributed by atoms with Gasteiger partial charge >= 0.3 is 0 Å². The second-order valence-electron chi connectivity index (χ2n) is 9.04. The van der Waals surface area contributed by atoms with Gasteiger partial charge in [-0.2, -0.15) is 0 Å². The zero-order valence-corrected chi connectivity index (χ0v) is 22.5. The van der Waals surface area contributed by atoms with Gasteiger partial charge < -0.3 is 4.90 Å². The summed E-state index contributed by atoms with van der Waals surface area (Å²) < 4.78 is 0. The Morgan fingerprint density at radius 1 is 0.853 bits per heavy atom. The van der Waals surface area contributed by atoms with Crippen molar-refractivity contribution >= 4 is 5.69 Å². The van der Waals surface area contributed by atoms with Crippen LogP contribution in [0.2, 0.25) is 0 Å². The van der Waals surface area contributed by atoms with Gasteiger partial charge in [0.15, 0.2) is 0 Å². The van der Waals surface area contributed by atoms with Crippen LogP contribution in [0.1, 0.15) is 90.3 Å². The molecule has 0 spiro atoms. The van der Waals surface area contributed by atoms with E-state index in [1.165, 1.54) is 36.0 Å². The van der Waals surface area contributed by atoms with Gasteiger partial charge in [-0.25, -0.2) is 0 Å². The molecule has 1 unspecified atom stereocenters. The summed E-state index contributed by atoms with van der Waals surface area (Å²) in [6.45, 7) is 25.7. The van der Waals surface area contributed by atoms with Gasteiger partial charge in [0.1, 0.15) is 0 Å². The van der Waals surface area contributed by atoms with E-state index in [1.807, 2.05) is 26.0 Å². The molecule has 0 saturated heterocycles. The molecule has 0 saturated carbocycles. The van der Waals surface area contributed by atoms with Gasteiger partial charge in [0.25, 0.3) is 0 Å². The monoisotopic (exact) mass is 455 g/mol. The highest BCUT2D eigenvalue weighted by molar-refractivity contribution is 5.66. The van der Waals surface area contributed by atoms with Crippen LogP contribution in [0.25, 0.3) is 0 Å². The molecular weight excluding hydrogens is 410 g/mol. The Kier molecular flexibility index (Phi) is 13.5. The van der Waals surface area contributed by atoms with Gasteiger partial charge in [-0.05, 0) is 69.2 Å². The SMILES string of the molecule is C=C(C)CCC(=C)N1Cc2ccccc2C#Cc2ccccc21.C=C(C)CCC(C)CC.CC. The molecule has 1 atom stereocenters. The van der Waals surface area contributed by atoms with E-state index >= 15 is 0 Å². The van der Waals surface area contributed by atoms with Gasteiger partial charge in [0.2, 0.25) is 0 Å². The zero-order chi connectivity index (χ0) is 25.5. The number of benzene rings is 2. The maximum Gasteiger partial charge on any atom is 0.0570 e. The predicted octanol–water partition coefficient (Wildman–Crippen LogP) is 9.69. The zero-order valence-electron chi connectivity index (χ0n) is 22.5. The lowest BCUT2D eigenvalue weighted by Crippen LogP contribution is -2.23. The summed E-state index contributed by atoms with van der Waals surface area (Å²) in [5, 5.41) is 0. The van der Waals surface area contributed by atoms with E-state index in [2.05, 4.69) is 101 Å². The Morgan fingerprint density at radius 2 is 1.41 bits per heavy atom. The van der Waals surface area contributed by atoms with E-state index in [4.69, 9.17) is 0 Å². The molecule has 0 aliphatic carbocycles. The molecule has 2 aromatic rings. The van der Waals surface area contributed by atoms with Crippen molar-refractivity contribution in [2.75, 3.05) is 4.90 Å². The Labute approximate surface area is 210 Å². The lowest BCUT2D eigenvalue weighted by Gasteiger charge is -2.29. The average Bonchev–Trinajstić information content (AvgIpc) is 2.84. The van der Waals surface area contributed by atoms with Crippen LogP contribution < -0.4 is 4.90 Å². The number of hydrogen-bond acceptors (Lipinski definition) is 1. The maximum absolute atomic E-state index is 4.33. The number of nitrogens with zero attached hydrogens (tertiary/aromatic N) is 1. The van der Waals surface area contributed by atoms with Crippen molar-refractivity contribution in [3.63, 3.8) is 0 Å². The maximum atomic E-state index is 4.33. The molecule has 1 nitrogen and oxygen atoms in total. The minimum atomic E-state index is 0.802. The van der Waals surface area contributed by atoms with Crippen molar-refractivity contribution in [1.29, 1.82) is 0 Å². The smallest absolute Gasteiger partial charge is 0.0570 e. The second kappa shape index (κ2) is 15.8. The molecule has 1 heteroatoms. The standard InChI is InChI=1S/C22H21N.C9H18.C2H6/c1-17(2)12-13-18(3)23-16-21-10-5-4-8-19(21)14-15-20-9-6-7-11-22(20)23;1-5-9(4)7-6-8(2)3;1-2/h4-11H,1,3,12-13,16H2,2H3;9H,2,5-7H2,1,3-4H3;1-2H3. The Balaban J connectivity index is 0.000000446. The Bertz CT molecular complexity index is 998. The van der Waals surface area contributed by atoms with Gasteiger partial charge in [-0.3, -0.25) is 0 Å². The summed E-state index contributed by atoms with van der Waals surface area (Å²) in [6.07, 6.45) is 5.69. The van der Waals surface area contributed by atoms with E-state index < -0.39 is 0 Å². The minimum Gasteiger partial charge on any atom is -0.340 e. The highest BCUT2D eigenvalue weighted by Crippen LogP contribution is 2.29. The van der Waals surface area contributed by atoms with Crippen LogP contribution in [-0.4, -0.2) is 0 Å². The summed E-state index contributed by atoms with van der Waals surface area (Å²) in [4.78, 5) is 2.30. The summed E-state index contributed by atoms with van der Waals surface area (Å²) in [6, 6.07) is 16.7. The fourth-order valence-electron chi connectivity index (χ4n) is 3.46. The van der Waals surface area contributed by atoms with E-state index in [0.29, 0.717) is 0 Å². The molecule has 0 radical (unpaired) electrons. The molecule has 2 aromatic carbocycles. The van der Waals surface area contributed by atoms with Gasteiger partial charge in [0, 0.05) is 23.4 Å². The molecule has 0 amide bonds. The first-order valence-corrected chi connectivity index (χ1v) is 12.7. The summed E-state index contributed by atoms with van der Waals surface area (Å²) in [5.41, 5.74) is 8.14. The summed E-state index contributed by atoms with van der Waals surface area (Å²) >= 11 is 0. The molecule has 1 aliphatic rings. The summed E-state index contributed by atoms with van der Waals surface area (Å²) in [5.74, 6) is 7.51. The number of para-hydroxylation sites is 1. The quantitative estimate of drug-likeness (QED) is 0.283. The highest BCUT2D eigenvalue weighted by Gasteiger charge is 2.17. The molecule has 3 rings (SSSR count). The topological polar surface area (TPSA) is 3.24 Å². The van der Waals surface area contributed by atoms with E-state index in [9.17, 15) is 0 Å². The third-order valence-electron chi connectivity index (χ3n) is 5.86. The predicted molar refractivity (Wildman–Crippen MR) is 153 cm³/mol. The second-order valence-corrected chi connectivity index (χ2v) is 9.04. The highest BCUT2D eigenvalue weighted by atomic mass is 15.1. The Hall–Kier alpha value is -2.98. The van der Waals surface area contributed by atoms with Crippen LogP contribution >= 0.6 is 0 Å². The van der Waals surface area contributed by atoms with E-state index in [1.54, 1.807) is 0 Å². The van der Waals surface area contributed by atoms with Crippen LogP contribution in [0.15, 0.2) is 85.1 Å². The minimum absolute atomic E-state index is 0.802. The number of rotatable bonds is 8. The van der Waals surface area contributed by atoms with Gasteiger partial charge in [-0.1, -0.05) is 94.0 Å². The number of anilines is 1. The van der Waals surface area contributed by atoms with Gasteiger partial charge in [-0.15, -0.1) is 13.2 Å². The van der Waals surface area contributed by atoms with Crippen molar-refractivity contribution in [2.24, 2.45) is 5.92 Å². The normalized spacial score (nSPS) is 11.9. The largest absolute Gasteiger partial charge is 0.340 e. The first-order valence-electron chi connectivity index (χ1n) is 12.7. The van der Waals surface area contributed by atoms with Gasteiger partial charge in [0.05, 0.1) is 5.69 Å². The van der Waals surface area contributed by atoms with Crippen molar-refractivity contribution in [3.8, 4) is 11.8 Å². The third kappa shape index (κ3) is 9.88. The molecule has 0 bridgehead atoms. The van der Waals surface area contributed by atoms with E-state index in [0.717, 1.165) is 47.8 Å². The van der Waals surface area contributed by atoms with Crippen LogP contribution in [-0.2, 0) is 6.54 Å². The van der Waals surface area contributed by atoms with Crippen molar-refractivity contribution in [1.82, 2.24) is 0 Å². The van der Waals surface area contributed by atoms with Crippen molar-refractivity contribution < 1.29 is 0 Å². The number of allylic oxidation sites excluding steroid dienone is 3. The molecule has 0 aromatic heterocycles. The third-order valence-corrected chi connectivity index (χ3v) is 5.86. The van der Waals surface area contributed by atoms with Crippen molar-refractivity contribution in [3.05, 3.63) is 102 Å². The number of hydrogen-bond donors (Lipinski definition) is 0. The van der Waals surface area contributed by atoms with Crippen molar-refractivity contribution in [2.45, 2.75) is 80.2 Å². The molecule has 34 heavy (non-hydrogen) atoms. The molecule has 1 heterocycles. The fraction of sp³-hybridized carbons (Fsp3) is 0.394. The fourth-order valence-corrected chi connectivity index (χ4v) is 3.46. The molecule has 0 fully saturated rings. The molecule has 0 N–H and O–H groups in total. The van der Waals surface area contributed by atoms with Crippen LogP contribution in [0.3, 0.4) is 0 Å². The lowest BCUT2D eigenvalue weighted by molar-refractivity contribution is 0.516. The first-order chi connectivity index (χ1) is 16.3. The first kappa shape index (κ1) is 29.1. The Morgan fingerprint density at radius 3 is 2.03 bits per heavy atom. The molecule has 182 valence electrons. The van der Waals surface area contributed by atoms with E-state index in [-0.39, 0.29) is 0 Å². The number of fused-ring (bicyclic) bond motifs is 2. The molecular formula is C33H45N. The summed E-state index contributed by atoms with van der Waals surface area (Å²) in [7, 11) is 0. The van der Waals surface area contributed by atoms with Crippen LogP contribution in [0.5, 0.6) is 0 Å². The average molecular weight is 456 g/mol.